The van der Waals surface area contributed by atoms with Crippen LogP contribution in [-0.2, 0) is 4.79 Å². The van der Waals surface area contributed by atoms with Gasteiger partial charge in [-0.3, -0.25) is 4.79 Å². The Morgan fingerprint density at radius 3 is 2.35 bits per heavy atom. The van der Waals surface area contributed by atoms with Crippen molar-refractivity contribution in [2.24, 2.45) is 17.8 Å². The summed E-state index contributed by atoms with van der Waals surface area (Å²) in [6.45, 7) is 10.6. The Bertz CT molecular complexity index is 321. The molecule has 3 unspecified atom stereocenters. The summed E-state index contributed by atoms with van der Waals surface area (Å²) in [6.07, 6.45) is 6.32. The van der Waals surface area contributed by atoms with Crippen LogP contribution < -0.4 is 5.32 Å². The second-order valence-corrected chi connectivity index (χ2v) is 7.42. The number of carbonyl (C=O) groups excluding carboxylic acids is 1. The number of hydrogen-bond acceptors (Lipinski definition) is 2. The van der Waals surface area contributed by atoms with Crippen LogP contribution in [0, 0.1) is 17.8 Å². The van der Waals surface area contributed by atoms with Gasteiger partial charge in [-0.2, -0.15) is 0 Å². The second-order valence-electron chi connectivity index (χ2n) is 7.42. The van der Waals surface area contributed by atoms with Crippen molar-refractivity contribution in [2.45, 2.75) is 71.9 Å². The topological polar surface area (TPSA) is 32.3 Å². The van der Waals surface area contributed by atoms with Gasteiger partial charge >= 0.3 is 0 Å². The van der Waals surface area contributed by atoms with Gasteiger partial charge in [0, 0.05) is 31.1 Å². The fourth-order valence-electron chi connectivity index (χ4n) is 3.70. The van der Waals surface area contributed by atoms with E-state index in [9.17, 15) is 4.79 Å². The summed E-state index contributed by atoms with van der Waals surface area (Å²) in [7, 11) is 0. The van der Waals surface area contributed by atoms with Gasteiger partial charge in [0.05, 0.1) is 0 Å². The Morgan fingerprint density at radius 2 is 1.75 bits per heavy atom. The molecule has 1 N–H and O–H groups in total. The number of amides is 1. The standard InChI is InChI=1S/C17H32N2O/c1-12(2)17(20)19-9-7-15(8-10-19)18-16-11-13(3)5-6-14(16)4/h12-16,18H,5-11H2,1-4H3. The van der Waals surface area contributed by atoms with Crippen LogP contribution in [0.3, 0.4) is 0 Å². The molecule has 1 saturated carbocycles. The number of nitrogens with zero attached hydrogens (tertiary/aromatic N) is 1. The number of nitrogens with one attached hydrogen (secondary N) is 1. The Kier molecular flexibility index (Phi) is 5.48. The summed E-state index contributed by atoms with van der Waals surface area (Å²) >= 11 is 0. The second kappa shape index (κ2) is 6.93. The maximum absolute atomic E-state index is 12.0. The quantitative estimate of drug-likeness (QED) is 0.862. The third-order valence-electron chi connectivity index (χ3n) is 5.21. The van der Waals surface area contributed by atoms with Crippen LogP contribution in [0.15, 0.2) is 0 Å². The zero-order valence-electron chi connectivity index (χ0n) is 13.7. The molecular formula is C17H32N2O. The van der Waals surface area contributed by atoms with E-state index in [1.807, 2.05) is 13.8 Å². The maximum atomic E-state index is 12.0. The molecule has 116 valence electrons. The van der Waals surface area contributed by atoms with Gasteiger partial charge in [0.2, 0.25) is 5.91 Å². The lowest BCUT2D eigenvalue weighted by Crippen LogP contribution is -2.51. The molecule has 1 amide bonds. The molecule has 1 heterocycles. The Balaban J connectivity index is 1.78. The highest BCUT2D eigenvalue weighted by Gasteiger charge is 2.30. The number of rotatable bonds is 3. The van der Waals surface area contributed by atoms with Gasteiger partial charge < -0.3 is 10.2 Å². The third-order valence-corrected chi connectivity index (χ3v) is 5.21. The molecule has 1 saturated heterocycles. The first-order valence-corrected chi connectivity index (χ1v) is 8.52. The minimum Gasteiger partial charge on any atom is -0.342 e. The minimum atomic E-state index is 0.138. The molecule has 0 radical (unpaired) electrons. The van der Waals surface area contributed by atoms with Crippen LogP contribution in [0.1, 0.15) is 59.8 Å². The predicted molar refractivity (Wildman–Crippen MR) is 83.5 cm³/mol. The Morgan fingerprint density at radius 1 is 1.10 bits per heavy atom. The first-order chi connectivity index (χ1) is 9.47. The van der Waals surface area contributed by atoms with E-state index in [1.54, 1.807) is 0 Å². The smallest absolute Gasteiger partial charge is 0.225 e. The van der Waals surface area contributed by atoms with Gasteiger partial charge in [0.15, 0.2) is 0 Å². The van der Waals surface area contributed by atoms with Gasteiger partial charge in [-0.15, -0.1) is 0 Å². The van der Waals surface area contributed by atoms with Crippen LogP contribution in [-0.4, -0.2) is 36.0 Å². The van der Waals surface area contributed by atoms with E-state index in [1.165, 1.54) is 19.3 Å². The molecule has 2 aliphatic rings. The summed E-state index contributed by atoms with van der Waals surface area (Å²) in [6, 6.07) is 1.31. The molecule has 0 aromatic rings. The Hall–Kier alpha value is -0.570. The normalized spacial score (nSPS) is 32.6. The van der Waals surface area contributed by atoms with Crippen molar-refractivity contribution in [3.8, 4) is 0 Å². The van der Waals surface area contributed by atoms with Crippen molar-refractivity contribution in [1.29, 1.82) is 0 Å². The lowest BCUT2D eigenvalue weighted by atomic mass is 9.79. The minimum absolute atomic E-state index is 0.138. The summed E-state index contributed by atoms with van der Waals surface area (Å²) in [5, 5.41) is 3.89. The Labute approximate surface area is 124 Å². The van der Waals surface area contributed by atoms with E-state index < -0.39 is 0 Å². The number of likely N-dealkylation sites (tertiary alicyclic amines) is 1. The lowest BCUT2D eigenvalue weighted by molar-refractivity contribution is -0.135. The SMILES string of the molecule is CC1CCC(C)C(NC2CCN(C(=O)C(C)C)CC2)C1. The average molecular weight is 280 g/mol. The van der Waals surface area contributed by atoms with E-state index in [2.05, 4.69) is 24.1 Å². The van der Waals surface area contributed by atoms with Crippen molar-refractivity contribution in [3.63, 3.8) is 0 Å². The predicted octanol–water partition coefficient (Wildman–Crippen LogP) is 3.05. The first kappa shape index (κ1) is 15.8. The molecule has 2 rings (SSSR count). The van der Waals surface area contributed by atoms with Crippen LogP contribution >= 0.6 is 0 Å². The fourth-order valence-corrected chi connectivity index (χ4v) is 3.70. The van der Waals surface area contributed by atoms with Crippen LogP contribution in [0.25, 0.3) is 0 Å². The third kappa shape index (κ3) is 3.97. The number of piperidine rings is 1. The molecule has 3 atom stereocenters. The van der Waals surface area contributed by atoms with Crippen LogP contribution in [0.4, 0.5) is 0 Å². The molecule has 2 fully saturated rings. The van der Waals surface area contributed by atoms with E-state index in [4.69, 9.17) is 0 Å². The summed E-state index contributed by atoms with van der Waals surface area (Å²) < 4.78 is 0. The fraction of sp³-hybridized carbons (Fsp3) is 0.941. The zero-order chi connectivity index (χ0) is 14.7. The van der Waals surface area contributed by atoms with Crippen molar-refractivity contribution >= 4 is 5.91 Å². The molecular weight excluding hydrogens is 248 g/mol. The van der Waals surface area contributed by atoms with Gasteiger partial charge in [-0.05, 0) is 37.5 Å². The highest BCUT2D eigenvalue weighted by atomic mass is 16.2. The zero-order valence-corrected chi connectivity index (χ0v) is 13.7. The molecule has 1 aliphatic heterocycles. The van der Waals surface area contributed by atoms with Crippen molar-refractivity contribution < 1.29 is 4.79 Å². The summed E-state index contributed by atoms with van der Waals surface area (Å²) in [5.41, 5.74) is 0. The molecule has 20 heavy (non-hydrogen) atoms. The first-order valence-electron chi connectivity index (χ1n) is 8.52. The van der Waals surface area contributed by atoms with E-state index in [0.29, 0.717) is 18.0 Å². The number of hydrogen-bond donors (Lipinski definition) is 1. The van der Waals surface area contributed by atoms with Crippen molar-refractivity contribution in [2.75, 3.05) is 13.1 Å². The number of carbonyl (C=O) groups is 1. The molecule has 3 nitrogen and oxygen atoms in total. The maximum Gasteiger partial charge on any atom is 0.225 e. The molecule has 3 heteroatoms. The highest BCUT2D eigenvalue weighted by molar-refractivity contribution is 5.78. The van der Waals surface area contributed by atoms with E-state index >= 15 is 0 Å². The molecule has 0 aromatic heterocycles. The largest absolute Gasteiger partial charge is 0.342 e. The summed E-state index contributed by atoms with van der Waals surface area (Å²) in [4.78, 5) is 14.0. The monoisotopic (exact) mass is 280 g/mol. The van der Waals surface area contributed by atoms with Crippen molar-refractivity contribution in [3.05, 3.63) is 0 Å². The average Bonchev–Trinajstić information content (AvgIpc) is 2.43. The molecule has 0 aromatic carbocycles. The molecule has 0 spiro atoms. The summed E-state index contributed by atoms with van der Waals surface area (Å²) in [5.74, 6) is 2.13. The van der Waals surface area contributed by atoms with Crippen LogP contribution in [0.5, 0.6) is 0 Å². The molecule has 1 aliphatic carbocycles. The van der Waals surface area contributed by atoms with Crippen molar-refractivity contribution in [1.82, 2.24) is 10.2 Å². The van der Waals surface area contributed by atoms with Gasteiger partial charge in [-0.25, -0.2) is 0 Å². The van der Waals surface area contributed by atoms with Gasteiger partial charge in [0.25, 0.3) is 0 Å². The van der Waals surface area contributed by atoms with Gasteiger partial charge in [0.1, 0.15) is 0 Å². The molecule has 0 bridgehead atoms. The highest BCUT2D eigenvalue weighted by Crippen LogP contribution is 2.29. The van der Waals surface area contributed by atoms with E-state index in [0.717, 1.165) is 37.8 Å². The van der Waals surface area contributed by atoms with Crippen LogP contribution in [0.2, 0.25) is 0 Å². The van der Waals surface area contributed by atoms with Gasteiger partial charge in [-0.1, -0.05) is 34.1 Å². The lowest BCUT2D eigenvalue weighted by Gasteiger charge is -2.39. The van der Waals surface area contributed by atoms with E-state index in [-0.39, 0.29) is 5.92 Å².